The standard InChI is InChI=1S/C12H16O2/c1-4-11(13)14-12(9(2)3)10-7-5-6-8-10/h4-7,9,12H,1,8H2,2-3H3. The van der Waals surface area contributed by atoms with Crippen molar-refractivity contribution in [1.29, 1.82) is 0 Å². The summed E-state index contributed by atoms with van der Waals surface area (Å²) in [6.45, 7) is 7.47. The zero-order chi connectivity index (χ0) is 10.6. The maximum atomic E-state index is 11.1. The first-order valence-corrected chi connectivity index (χ1v) is 4.83. The van der Waals surface area contributed by atoms with Gasteiger partial charge in [-0.2, -0.15) is 0 Å². The predicted octanol–water partition coefficient (Wildman–Crippen LogP) is 2.63. The summed E-state index contributed by atoms with van der Waals surface area (Å²) in [6.07, 6.45) is 8.04. The molecule has 0 saturated heterocycles. The van der Waals surface area contributed by atoms with E-state index in [1.807, 2.05) is 26.0 Å². The fourth-order valence-electron chi connectivity index (χ4n) is 1.49. The fraction of sp³-hybridized carbons (Fsp3) is 0.417. The summed E-state index contributed by atoms with van der Waals surface area (Å²) in [6, 6.07) is 0. The minimum absolute atomic E-state index is 0.115. The first kappa shape index (κ1) is 10.8. The van der Waals surface area contributed by atoms with Gasteiger partial charge in [-0.25, -0.2) is 4.79 Å². The van der Waals surface area contributed by atoms with E-state index in [1.54, 1.807) is 0 Å². The fourth-order valence-corrected chi connectivity index (χ4v) is 1.49. The van der Waals surface area contributed by atoms with Crippen LogP contribution in [0.15, 0.2) is 36.5 Å². The van der Waals surface area contributed by atoms with Gasteiger partial charge in [-0.1, -0.05) is 38.7 Å². The minimum atomic E-state index is -0.350. The first-order valence-electron chi connectivity index (χ1n) is 4.83. The molecule has 2 nitrogen and oxygen atoms in total. The third-order valence-corrected chi connectivity index (χ3v) is 2.18. The molecule has 0 fully saturated rings. The van der Waals surface area contributed by atoms with Crippen LogP contribution in [-0.4, -0.2) is 12.1 Å². The van der Waals surface area contributed by atoms with Gasteiger partial charge in [0.25, 0.3) is 0 Å². The highest BCUT2D eigenvalue weighted by Gasteiger charge is 2.21. The molecule has 2 heteroatoms. The number of esters is 1. The Labute approximate surface area is 85.0 Å². The number of carbonyl (C=O) groups is 1. The van der Waals surface area contributed by atoms with E-state index >= 15 is 0 Å². The van der Waals surface area contributed by atoms with Crippen molar-refractivity contribution < 1.29 is 9.53 Å². The molecule has 1 aliphatic carbocycles. The van der Waals surface area contributed by atoms with E-state index < -0.39 is 0 Å². The van der Waals surface area contributed by atoms with Gasteiger partial charge >= 0.3 is 5.97 Å². The Morgan fingerprint density at radius 3 is 2.79 bits per heavy atom. The Morgan fingerprint density at radius 1 is 1.64 bits per heavy atom. The highest BCUT2D eigenvalue weighted by Crippen LogP contribution is 2.23. The van der Waals surface area contributed by atoms with Crippen LogP contribution < -0.4 is 0 Å². The van der Waals surface area contributed by atoms with Gasteiger partial charge in [-0.3, -0.25) is 0 Å². The van der Waals surface area contributed by atoms with Gasteiger partial charge < -0.3 is 4.74 Å². The summed E-state index contributed by atoms with van der Waals surface area (Å²) in [5.41, 5.74) is 1.16. The normalized spacial score (nSPS) is 16.6. The van der Waals surface area contributed by atoms with Crippen LogP contribution in [0.5, 0.6) is 0 Å². The van der Waals surface area contributed by atoms with Gasteiger partial charge in [0, 0.05) is 6.08 Å². The Balaban J connectivity index is 2.65. The van der Waals surface area contributed by atoms with Crippen molar-refractivity contribution in [2.24, 2.45) is 5.92 Å². The molecule has 0 aliphatic heterocycles. The second-order valence-electron chi connectivity index (χ2n) is 3.68. The third-order valence-electron chi connectivity index (χ3n) is 2.18. The molecule has 0 heterocycles. The van der Waals surface area contributed by atoms with E-state index in [4.69, 9.17) is 4.74 Å². The van der Waals surface area contributed by atoms with Gasteiger partial charge in [0.05, 0.1) is 0 Å². The molecule has 0 spiro atoms. The zero-order valence-electron chi connectivity index (χ0n) is 8.69. The molecule has 1 unspecified atom stereocenters. The summed E-state index contributed by atoms with van der Waals surface area (Å²) in [5, 5.41) is 0. The monoisotopic (exact) mass is 192 g/mol. The molecule has 0 N–H and O–H groups in total. The molecule has 0 aromatic heterocycles. The van der Waals surface area contributed by atoms with Crippen molar-refractivity contribution in [3.63, 3.8) is 0 Å². The summed E-state index contributed by atoms with van der Waals surface area (Å²) in [4.78, 5) is 11.1. The van der Waals surface area contributed by atoms with Crippen LogP contribution in [0.4, 0.5) is 0 Å². The highest BCUT2D eigenvalue weighted by molar-refractivity contribution is 5.81. The summed E-state index contributed by atoms with van der Waals surface area (Å²) >= 11 is 0. The average Bonchev–Trinajstić information content (AvgIpc) is 2.65. The third kappa shape index (κ3) is 2.59. The Kier molecular flexibility index (Phi) is 3.69. The summed E-state index contributed by atoms with van der Waals surface area (Å²) in [7, 11) is 0. The molecule has 1 atom stereocenters. The van der Waals surface area contributed by atoms with E-state index in [0.29, 0.717) is 5.92 Å². The molecule has 0 radical (unpaired) electrons. The Morgan fingerprint density at radius 2 is 2.36 bits per heavy atom. The number of rotatable bonds is 4. The zero-order valence-corrected chi connectivity index (χ0v) is 8.69. The Bertz CT molecular complexity index is 285. The quantitative estimate of drug-likeness (QED) is 0.505. The predicted molar refractivity (Wildman–Crippen MR) is 56.8 cm³/mol. The van der Waals surface area contributed by atoms with Gasteiger partial charge in [0.1, 0.15) is 6.10 Å². The highest BCUT2D eigenvalue weighted by atomic mass is 16.5. The van der Waals surface area contributed by atoms with Crippen molar-refractivity contribution in [1.82, 2.24) is 0 Å². The van der Waals surface area contributed by atoms with Crippen LogP contribution in [0.1, 0.15) is 20.3 Å². The molecular weight excluding hydrogens is 176 g/mol. The SMILES string of the molecule is C=CC(=O)OC(C1=CC=CC1)C(C)C. The molecule has 0 saturated carbocycles. The first-order chi connectivity index (χ1) is 6.65. The second kappa shape index (κ2) is 4.80. The number of carbonyl (C=O) groups excluding carboxylic acids is 1. The average molecular weight is 192 g/mol. The van der Waals surface area contributed by atoms with Gasteiger partial charge in [0.2, 0.25) is 0 Å². The van der Waals surface area contributed by atoms with Crippen LogP contribution in [0.25, 0.3) is 0 Å². The topological polar surface area (TPSA) is 26.3 Å². The molecular formula is C12H16O2. The van der Waals surface area contributed by atoms with Crippen LogP contribution in [0, 0.1) is 5.92 Å². The number of ether oxygens (including phenoxy) is 1. The molecule has 0 aromatic carbocycles. The lowest BCUT2D eigenvalue weighted by atomic mass is 9.98. The molecule has 1 aliphatic rings. The summed E-state index contributed by atoms with van der Waals surface area (Å²) in [5.74, 6) is -0.0541. The number of hydrogen-bond donors (Lipinski definition) is 0. The molecule has 76 valence electrons. The van der Waals surface area contributed by atoms with Crippen LogP contribution in [0.2, 0.25) is 0 Å². The van der Waals surface area contributed by atoms with Crippen LogP contribution >= 0.6 is 0 Å². The van der Waals surface area contributed by atoms with Gasteiger partial charge in [-0.05, 0) is 17.9 Å². The van der Waals surface area contributed by atoms with Crippen molar-refractivity contribution in [3.05, 3.63) is 36.5 Å². The van der Waals surface area contributed by atoms with Crippen LogP contribution in [-0.2, 0) is 9.53 Å². The van der Waals surface area contributed by atoms with E-state index in [2.05, 4.69) is 12.7 Å². The summed E-state index contributed by atoms with van der Waals surface area (Å²) < 4.78 is 5.28. The molecule has 0 bridgehead atoms. The minimum Gasteiger partial charge on any atom is -0.454 e. The molecule has 0 amide bonds. The molecule has 14 heavy (non-hydrogen) atoms. The smallest absolute Gasteiger partial charge is 0.330 e. The lowest BCUT2D eigenvalue weighted by Crippen LogP contribution is -2.24. The van der Waals surface area contributed by atoms with Gasteiger partial charge in [-0.15, -0.1) is 0 Å². The largest absolute Gasteiger partial charge is 0.454 e. The molecule has 0 aromatic rings. The Hall–Kier alpha value is -1.31. The van der Waals surface area contributed by atoms with Gasteiger partial charge in [0.15, 0.2) is 0 Å². The maximum absolute atomic E-state index is 11.1. The van der Waals surface area contributed by atoms with Crippen molar-refractivity contribution in [2.45, 2.75) is 26.4 Å². The van der Waals surface area contributed by atoms with E-state index in [9.17, 15) is 4.79 Å². The maximum Gasteiger partial charge on any atom is 0.330 e. The van der Waals surface area contributed by atoms with E-state index in [-0.39, 0.29) is 12.1 Å². The lowest BCUT2D eigenvalue weighted by molar-refractivity contribution is -0.143. The lowest BCUT2D eigenvalue weighted by Gasteiger charge is -2.21. The number of allylic oxidation sites excluding steroid dienone is 3. The van der Waals surface area contributed by atoms with Crippen molar-refractivity contribution in [2.75, 3.05) is 0 Å². The van der Waals surface area contributed by atoms with Crippen molar-refractivity contribution >= 4 is 5.97 Å². The second-order valence-corrected chi connectivity index (χ2v) is 3.68. The van der Waals surface area contributed by atoms with Crippen molar-refractivity contribution in [3.8, 4) is 0 Å². The molecule has 1 rings (SSSR count). The number of hydrogen-bond acceptors (Lipinski definition) is 2. The van der Waals surface area contributed by atoms with E-state index in [0.717, 1.165) is 12.0 Å². The van der Waals surface area contributed by atoms with Crippen LogP contribution in [0.3, 0.4) is 0 Å². The van der Waals surface area contributed by atoms with E-state index in [1.165, 1.54) is 6.08 Å².